The lowest BCUT2D eigenvalue weighted by atomic mass is 10.1. The van der Waals surface area contributed by atoms with E-state index in [0.717, 1.165) is 21.8 Å². The minimum atomic E-state index is -0.266. The van der Waals surface area contributed by atoms with Gasteiger partial charge in [-0.15, -0.1) is 11.3 Å². The standard InChI is InChI=1S/C22H13Cl3N2OS/c23-17-10-9-16(20(24)21(17)25)18(28)11-8-14-13-27(15-5-2-1-3-6-15)26-22(14)19-7-4-12-29-19/h1-13H. The maximum Gasteiger partial charge on any atom is 0.187 e. The summed E-state index contributed by atoms with van der Waals surface area (Å²) in [6.07, 6.45) is 5.10. The molecule has 0 N–H and O–H groups in total. The summed E-state index contributed by atoms with van der Waals surface area (Å²) in [6.45, 7) is 0. The molecule has 0 fully saturated rings. The monoisotopic (exact) mass is 458 g/mol. The van der Waals surface area contributed by atoms with Crippen molar-refractivity contribution in [1.29, 1.82) is 0 Å². The van der Waals surface area contributed by atoms with Gasteiger partial charge in [0.25, 0.3) is 0 Å². The molecule has 0 aliphatic heterocycles. The predicted octanol–water partition coefficient (Wildman–Crippen LogP) is 7.46. The summed E-state index contributed by atoms with van der Waals surface area (Å²) in [4.78, 5) is 13.7. The number of benzene rings is 2. The van der Waals surface area contributed by atoms with E-state index in [-0.39, 0.29) is 15.8 Å². The molecule has 144 valence electrons. The summed E-state index contributed by atoms with van der Waals surface area (Å²) < 4.78 is 1.80. The number of aromatic nitrogens is 2. The van der Waals surface area contributed by atoms with Crippen molar-refractivity contribution < 1.29 is 4.79 Å². The zero-order valence-corrected chi connectivity index (χ0v) is 17.9. The fraction of sp³-hybridized carbons (Fsp3) is 0. The van der Waals surface area contributed by atoms with Crippen molar-refractivity contribution in [1.82, 2.24) is 9.78 Å². The molecule has 4 aromatic rings. The minimum Gasteiger partial charge on any atom is -0.289 e. The summed E-state index contributed by atoms with van der Waals surface area (Å²) in [5, 5.41) is 7.33. The van der Waals surface area contributed by atoms with Crippen LogP contribution >= 0.6 is 46.1 Å². The second-order valence-corrected chi connectivity index (χ2v) is 8.22. The normalized spacial score (nSPS) is 11.3. The highest BCUT2D eigenvalue weighted by atomic mass is 35.5. The Hall–Kier alpha value is -2.37. The van der Waals surface area contributed by atoms with Crippen LogP contribution in [0.1, 0.15) is 15.9 Å². The maximum absolute atomic E-state index is 12.7. The van der Waals surface area contributed by atoms with Gasteiger partial charge in [0.15, 0.2) is 5.78 Å². The highest BCUT2D eigenvalue weighted by Gasteiger charge is 2.15. The van der Waals surface area contributed by atoms with E-state index in [2.05, 4.69) is 0 Å². The average Bonchev–Trinajstić information content (AvgIpc) is 3.41. The number of halogens is 3. The SMILES string of the molecule is O=C(C=Cc1cn(-c2ccccc2)nc1-c1cccs1)c1ccc(Cl)c(Cl)c1Cl. The number of hydrogen-bond donors (Lipinski definition) is 0. The molecule has 0 bridgehead atoms. The fourth-order valence-electron chi connectivity index (χ4n) is 2.80. The van der Waals surface area contributed by atoms with Gasteiger partial charge in [-0.05, 0) is 47.9 Å². The van der Waals surface area contributed by atoms with E-state index < -0.39 is 0 Å². The quantitative estimate of drug-likeness (QED) is 0.176. The van der Waals surface area contributed by atoms with Gasteiger partial charge in [-0.2, -0.15) is 5.10 Å². The largest absolute Gasteiger partial charge is 0.289 e. The van der Waals surface area contributed by atoms with Gasteiger partial charge in [-0.3, -0.25) is 4.79 Å². The number of thiophene rings is 1. The smallest absolute Gasteiger partial charge is 0.187 e. The number of para-hydroxylation sites is 1. The first-order valence-corrected chi connectivity index (χ1v) is 10.6. The Labute approximate surface area is 186 Å². The van der Waals surface area contributed by atoms with Crippen LogP contribution in [0.15, 0.2) is 72.3 Å². The Morgan fingerprint density at radius 3 is 2.48 bits per heavy atom. The molecule has 2 heterocycles. The first kappa shape index (κ1) is 19.9. The number of carbonyl (C=O) groups excluding carboxylic acids is 1. The number of allylic oxidation sites excluding steroid dienone is 1. The highest BCUT2D eigenvalue weighted by molar-refractivity contribution is 7.13. The summed E-state index contributed by atoms with van der Waals surface area (Å²) in [5.41, 5.74) is 2.85. The molecule has 29 heavy (non-hydrogen) atoms. The first-order chi connectivity index (χ1) is 14.0. The molecule has 0 radical (unpaired) electrons. The highest BCUT2D eigenvalue weighted by Crippen LogP contribution is 2.33. The zero-order chi connectivity index (χ0) is 20.4. The van der Waals surface area contributed by atoms with E-state index in [1.54, 1.807) is 34.2 Å². The summed E-state index contributed by atoms with van der Waals surface area (Å²) in [7, 11) is 0. The molecule has 2 aromatic carbocycles. The van der Waals surface area contributed by atoms with Gasteiger partial charge in [0, 0.05) is 17.3 Å². The van der Waals surface area contributed by atoms with Crippen molar-refractivity contribution in [3.05, 3.63) is 98.4 Å². The Balaban J connectivity index is 1.72. The van der Waals surface area contributed by atoms with Crippen molar-refractivity contribution in [3.63, 3.8) is 0 Å². The maximum atomic E-state index is 12.7. The van der Waals surface area contributed by atoms with Crippen LogP contribution in [0.3, 0.4) is 0 Å². The number of rotatable bonds is 5. The molecule has 0 spiro atoms. The minimum absolute atomic E-state index is 0.146. The third-order valence-electron chi connectivity index (χ3n) is 4.23. The third kappa shape index (κ3) is 4.16. The zero-order valence-electron chi connectivity index (χ0n) is 14.9. The molecule has 0 amide bonds. The van der Waals surface area contributed by atoms with Crippen LogP contribution in [0.5, 0.6) is 0 Å². The molecule has 2 aromatic heterocycles. The van der Waals surface area contributed by atoms with Crippen molar-refractivity contribution in [3.8, 4) is 16.3 Å². The Morgan fingerprint density at radius 1 is 0.966 bits per heavy atom. The Morgan fingerprint density at radius 2 is 1.76 bits per heavy atom. The number of ketones is 1. The fourth-order valence-corrected chi connectivity index (χ4v) is 4.16. The Kier molecular flexibility index (Phi) is 5.88. The lowest BCUT2D eigenvalue weighted by molar-refractivity contribution is 0.104. The lowest BCUT2D eigenvalue weighted by Gasteiger charge is -2.03. The van der Waals surface area contributed by atoms with Crippen molar-refractivity contribution in [2.45, 2.75) is 0 Å². The number of hydrogen-bond acceptors (Lipinski definition) is 3. The average molecular weight is 460 g/mol. The van der Waals surface area contributed by atoms with Gasteiger partial charge in [-0.25, -0.2) is 4.68 Å². The molecule has 0 unspecified atom stereocenters. The van der Waals surface area contributed by atoms with Gasteiger partial charge < -0.3 is 0 Å². The lowest BCUT2D eigenvalue weighted by Crippen LogP contribution is -1.96. The van der Waals surface area contributed by atoms with E-state index in [0.29, 0.717) is 10.6 Å². The van der Waals surface area contributed by atoms with Crippen LogP contribution in [0.25, 0.3) is 22.3 Å². The van der Waals surface area contributed by atoms with Gasteiger partial charge >= 0.3 is 0 Å². The van der Waals surface area contributed by atoms with Crippen LogP contribution in [0.2, 0.25) is 15.1 Å². The van der Waals surface area contributed by atoms with Crippen LogP contribution in [0.4, 0.5) is 0 Å². The van der Waals surface area contributed by atoms with Crippen molar-refractivity contribution >= 4 is 58.0 Å². The molecule has 0 aliphatic carbocycles. The van der Waals surface area contributed by atoms with Gasteiger partial charge in [0.2, 0.25) is 0 Å². The van der Waals surface area contributed by atoms with E-state index in [4.69, 9.17) is 39.9 Å². The second-order valence-electron chi connectivity index (χ2n) is 6.11. The van der Waals surface area contributed by atoms with Gasteiger partial charge in [0.1, 0.15) is 5.69 Å². The molecule has 3 nitrogen and oxygen atoms in total. The molecule has 0 saturated carbocycles. The first-order valence-electron chi connectivity index (χ1n) is 8.59. The molecule has 0 aliphatic rings. The topological polar surface area (TPSA) is 34.9 Å². The number of nitrogens with zero attached hydrogens (tertiary/aromatic N) is 2. The van der Waals surface area contributed by atoms with Crippen molar-refractivity contribution in [2.24, 2.45) is 0 Å². The van der Waals surface area contributed by atoms with E-state index in [1.165, 1.54) is 6.08 Å². The third-order valence-corrected chi connectivity index (χ3v) is 6.40. The number of carbonyl (C=O) groups is 1. The van der Waals surface area contributed by atoms with Crippen molar-refractivity contribution in [2.75, 3.05) is 0 Å². The van der Waals surface area contributed by atoms with Crippen LogP contribution < -0.4 is 0 Å². The van der Waals surface area contributed by atoms with E-state index in [9.17, 15) is 4.79 Å². The predicted molar refractivity (Wildman–Crippen MR) is 122 cm³/mol. The molecule has 4 rings (SSSR count). The second kappa shape index (κ2) is 8.56. The van der Waals surface area contributed by atoms with Gasteiger partial charge in [-0.1, -0.05) is 59.1 Å². The molecule has 0 saturated heterocycles. The van der Waals surface area contributed by atoms with Crippen LogP contribution in [0, 0.1) is 0 Å². The van der Waals surface area contributed by atoms with E-state index >= 15 is 0 Å². The summed E-state index contributed by atoms with van der Waals surface area (Å²) in [5.74, 6) is -0.266. The summed E-state index contributed by atoms with van der Waals surface area (Å²) in [6, 6.07) is 16.9. The molecule has 7 heteroatoms. The molecular weight excluding hydrogens is 447 g/mol. The Bertz CT molecular complexity index is 1200. The van der Waals surface area contributed by atoms with Crippen LogP contribution in [-0.2, 0) is 0 Å². The summed E-state index contributed by atoms with van der Waals surface area (Å²) >= 11 is 19.8. The molecule has 0 atom stereocenters. The van der Waals surface area contributed by atoms with E-state index in [1.807, 2.05) is 54.0 Å². The van der Waals surface area contributed by atoms with Crippen LogP contribution in [-0.4, -0.2) is 15.6 Å². The molecular formula is C22H13Cl3N2OS. The van der Waals surface area contributed by atoms with Gasteiger partial charge in [0.05, 0.1) is 25.6 Å².